The van der Waals surface area contributed by atoms with E-state index >= 15 is 0 Å². The number of hydrogen-bond acceptors (Lipinski definition) is 13. The second kappa shape index (κ2) is 20.1. The molecule has 2 saturated heterocycles. The number of amides is 2. The maximum absolute atomic E-state index is 14.9. The summed E-state index contributed by atoms with van der Waals surface area (Å²) in [4.78, 5) is 42.1. The van der Waals surface area contributed by atoms with Gasteiger partial charge in [0.1, 0.15) is 16.5 Å². The van der Waals surface area contributed by atoms with E-state index in [0.29, 0.717) is 50.1 Å². The molecule has 380 valence electrons. The van der Waals surface area contributed by atoms with Crippen LogP contribution in [-0.2, 0) is 21.2 Å². The zero-order valence-electron chi connectivity index (χ0n) is 41.6. The number of piperazine rings is 1. The predicted molar refractivity (Wildman–Crippen MR) is 269 cm³/mol. The number of halogens is 1. The number of methoxy groups -OCH3 is 1. The van der Waals surface area contributed by atoms with Crippen molar-refractivity contribution in [1.82, 2.24) is 24.5 Å². The number of quaternary nitrogens is 1. The average Bonchev–Trinajstić information content (AvgIpc) is 3.70. The lowest BCUT2D eigenvalue weighted by molar-refractivity contribution is -0.751. The average molecular weight is 995 g/mol. The molecule has 16 nitrogen and oxygen atoms in total. The first-order valence-electron chi connectivity index (χ1n) is 25.0. The number of piperidine rings is 1. The van der Waals surface area contributed by atoms with Crippen LogP contribution >= 0.6 is 0 Å². The molecule has 4 fully saturated rings. The number of hydroxylamine groups is 1. The van der Waals surface area contributed by atoms with E-state index in [-0.39, 0.29) is 74.6 Å². The SMILES string of the molecule is COc1nc2c(cc1Oc1cc(N3CCC4(CC3)CC(N3CCN(C(C)=O)C[C@H]3c3ccccc3C(C)C)C4)ccc1C(=O)NS(=O)(=O)c1cnc(NCC3CCC(C)(O)CC3)c([NH+](C)[O-])c1)C(F)=CC2. The van der Waals surface area contributed by atoms with Gasteiger partial charge in [0.25, 0.3) is 21.8 Å². The molecule has 5 aliphatic rings. The number of aromatic nitrogens is 2. The molecule has 2 aromatic heterocycles. The number of benzene rings is 2. The Labute approximate surface area is 416 Å². The molecule has 0 bridgehead atoms. The number of nitrogens with zero attached hydrogens (tertiary/aromatic N) is 5. The first-order chi connectivity index (χ1) is 33.8. The summed E-state index contributed by atoms with van der Waals surface area (Å²) in [5.41, 5.74) is 3.50. The summed E-state index contributed by atoms with van der Waals surface area (Å²) >= 11 is 0. The fourth-order valence-corrected chi connectivity index (χ4v) is 12.4. The van der Waals surface area contributed by atoms with Crippen LogP contribution in [0.1, 0.15) is 124 Å². The van der Waals surface area contributed by atoms with Gasteiger partial charge in [-0.3, -0.25) is 14.5 Å². The number of anilines is 2. The minimum atomic E-state index is -4.58. The van der Waals surface area contributed by atoms with E-state index in [1.165, 1.54) is 49.6 Å². The largest absolute Gasteiger partial charge is 0.629 e. The number of nitrogens with one attached hydrogen (secondary N) is 3. The first-order valence-corrected chi connectivity index (χ1v) is 26.5. The summed E-state index contributed by atoms with van der Waals surface area (Å²) in [6.07, 6.45) is 9.72. The third-order valence-electron chi connectivity index (χ3n) is 15.7. The van der Waals surface area contributed by atoms with Gasteiger partial charge in [-0.2, -0.15) is 0 Å². The Hall–Kier alpha value is -5.66. The Kier molecular flexibility index (Phi) is 14.2. The summed E-state index contributed by atoms with van der Waals surface area (Å²) in [6.45, 7) is 12.1. The summed E-state index contributed by atoms with van der Waals surface area (Å²) in [5.74, 6) is -0.405. The molecule has 2 saturated carbocycles. The van der Waals surface area contributed by atoms with Crippen molar-refractivity contribution in [2.24, 2.45) is 11.3 Å². The summed E-state index contributed by atoms with van der Waals surface area (Å²) in [5, 5.41) is 26.0. The molecule has 4 aromatic rings. The van der Waals surface area contributed by atoms with Crippen molar-refractivity contribution in [3.63, 3.8) is 0 Å². The first kappa shape index (κ1) is 50.3. The smallest absolute Gasteiger partial charge is 0.268 e. The van der Waals surface area contributed by atoms with Crippen molar-refractivity contribution in [2.45, 2.75) is 114 Å². The fourth-order valence-electron chi connectivity index (χ4n) is 11.4. The second-order valence-corrected chi connectivity index (χ2v) is 22.6. The van der Waals surface area contributed by atoms with Crippen molar-refractivity contribution in [3.8, 4) is 17.4 Å². The number of aliphatic hydroxyl groups is 1. The van der Waals surface area contributed by atoms with Crippen molar-refractivity contribution < 1.29 is 42.0 Å². The molecule has 2 aromatic carbocycles. The molecule has 1 spiro atoms. The molecule has 2 atom stereocenters. The molecule has 71 heavy (non-hydrogen) atoms. The van der Waals surface area contributed by atoms with Crippen LogP contribution in [0.15, 0.2) is 71.8 Å². The number of pyridine rings is 2. The van der Waals surface area contributed by atoms with Gasteiger partial charge in [-0.25, -0.2) is 27.5 Å². The van der Waals surface area contributed by atoms with Crippen molar-refractivity contribution in [2.75, 3.05) is 63.6 Å². The zero-order chi connectivity index (χ0) is 50.4. The Morgan fingerprint density at radius 2 is 1.75 bits per heavy atom. The van der Waals surface area contributed by atoms with Crippen LogP contribution in [-0.4, -0.2) is 110 Å². The lowest BCUT2D eigenvalue weighted by Crippen LogP contribution is -2.98. The molecule has 2 amide bonds. The molecular formula is C53H67FN8O8S. The molecule has 1 unspecified atom stereocenters. The number of sulfonamides is 1. The van der Waals surface area contributed by atoms with E-state index in [9.17, 15) is 32.7 Å². The normalized spacial score (nSPS) is 22.9. The Morgan fingerprint density at radius 3 is 2.44 bits per heavy atom. The second-order valence-electron chi connectivity index (χ2n) is 21.0. The Balaban J connectivity index is 0.928. The van der Waals surface area contributed by atoms with Gasteiger partial charge < -0.3 is 40.0 Å². The zero-order valence-corrected chi connectivity index (χ0v) is 42.4. The van der Waals surface area contributed by atoms with E-state index in [1.54, 1.807) is 19.1 Å². The number of hydrogen-bond donors (Lipinski definition) is 4. The lowest BCUT2D eigenvalue weighted by Gasteiger charge is -2.58. The topological polar surface area (TPSA) is 194 Å². The molecule has 4 N–H and O–H groups in total. The van der Waals surface area contributed by atoms with Crippen molar-refractivity contribution in [3.05, 3.63) is 100 Å². The van der Waals surface area contributed by atoms with E-state index < -0.39 is 32.4 Å². The van der Waals surface area contributed by atoms with Gasteiger partial charge in [-0.15, -0.1) is 0 Å². The van der Waals surface area contributed by atoms with E-state index in [4.69, 9.17) is 9.47 Å². The number of fused-ring (bicyclic) bond motifs is 1. The third kappa shape index (κ3) is 10.6. The molecule has 3 aliphatic carbocycles. The number of rotatable bonds is 14. The van der Waals surface area contributed by atoms with Gasteiger partial charge in [-0.05, 0) is 111 Å². The lowest BCUT2D eigenvalue weighted by atomic mass is 9.59. The highest BCUT2D eigenvalue weighted by Gasteiger charge is 2.50. The van der Waals surface area contributed by atoms with Crippen molar-refractivity contribution in [1.29, 1.82) is 0 Å². The van der Waals surface area contributed by atoms with Crippen molar-refractivity contribution >= 4 is 44.9 Å². The summed E-state index contributed by atoms with van der Waals surface area (Å²) in [7, 11) is -1.85. The molecule has 4 heterocycles. The highest BCUT2D eigenvalue weighted by atomic mass is 32.2. The van der Waals surface area contributed by atoms with Gasteiger partial charge in [0.05, 0.1) is 43.3 Å². The quantitative estimate of drug-likeness (QED) is 0.0942. The Bertz CT molecular complexity index is 2800. The van der Waals surface area contributed by atoms with Crippen LogP contribution in [0.25, 0.3) is 5.83 Å². The molecular weight excluding hydrogens is 928 g/mol. The highest BCUT2D eigenvalue weighted by molar-refractivity contribution is 7.90. The molecule has 18 heteroatoms. The van der Waals surface area contributed by atoms with E-state index in [1.807, 2.05) is 11.8 Å². The van der Waals surface area contributed by atoms with Gasteiger partial charge in [-0.1, -0.05) is 38.1 Å². The molecule has 2 aliphatic heterocycles. The minimum Gasteiger partial charge on any atom is -0.629 e. The maximum atomic E-state index is 14.9. The number of allylic oxidation sites excluding steroid dienone is 1. The monoisotopic (exact) mass is 994 g/mol. The highest BCUT2D eigenvalue weighted by Crippen LogP contribution is 2.53. The fraction of sp³-hybridized carbons (Fsp3) is 0.509. The van der Waals surface area contributed by atoms with Crippen LogP contribution in [0.5, 0.6) is 17.4 Å². The van der Waals surface area contributed by atoms with E-state index in [0.717, 1.165) is 70.0 Å². The third-order valence-corrected chi connectivity index (χ3v) is 17.0. The van der Waals surface area contributed by atoms with Crippen LogP contribution in [0.2, 0.25) is 0 Å². The maximum Gasteiger partial charge on any atom is 0.268 e. The summed E-state index contributed by atoms with van der Waals surface area (Å²) < 4.78 is 56.9. The number of ether oxygens (including phenoxy) is 2. The summed E-state index contributed by atoms with van der Waals surface area (Å²) in [6, 6.07) is 16.8. The van der Waals surface area contributed by atoms with Gasteiger partial charge in [0, 0.05) is 82.0 Å². The number of carbonyl (C=O) groups excluding carboxylic acids is 2. The van der Waals surface area contributed by atoms with Crippen LogP contribution in [0, 0.1) is 16.5 Å². The van der Waals surface area contributed by atoms with Gasteiger partial charge in [0.15, 0.2) is 17.3 Å². The minimum absolute atomic E-state index is 0.00498. The van der Waals surface area contributed by atoms with Crippen LogP contribution in [0.4, 0.5) is 21.6 Å². The van der Waals surface area contributed by atoms with Crippen LogP contribution in [0.3, 0.4) is 0 Å². The molecule has 0 radical (unpaired) electrons. The number of carbonyl (C=O) groups is 2. The Morgan fingerprint density at radius 1 is 1.01 bits per heavy atom. The van der Waals surface area contributed by atoms with Gasteiger partial charge in [0.2, 0.25) is 5.91 Å². The predicted octanol–water partition coefficient (Wildman–Crippen LogP) is 7.04. The van der Waals surface area contributed by atoms with E-state index in [2.05, 4.69) is 67.9 Å². The van der Waals surface area contributed by atoms with Crippen LogP contribution < -0.4 is 29.5 Å². The van der Waals surface area contributed by atoms with Gasteiger partial charge >= 0.3 is 0 Å². The standard InChI is InChI=1S/C53H67FN8O8S/c1-33(2)39-9-7-8-10-40(39)46-32-61(34(3)63)23-24-62(46)37-28-53(29-37)19-21-60(22-20-53)36-11-12-41(47(25-36)70-48-27-42-43(54)13-14-44(42)57-51(48)69-6)50(64)58-71(67,68)38-26-45(59(5)66)49(56-31-38)55-30-35-15-17-52(4,65)18-16-35/h7-13,25-27,31,33,35,37,46,59,65H,14-24,28-30,32H2,1-6H3,(H,55,56)(H,58,64)/t35?,46-,52?/m0/s1. The molecule has 9 rings (SSSR count).